The Morgan fingerprint density at radius 1 is 1.08 bits per heavy atom. The van der Waals surface area contributed by atoms with Gasteiger partial charge in [-0.1, -0.05) is 42.5 Å². The van der Waals surface area contributed by atoms with Crippen molar-refractivity contribution in [2.24, 2.45) is 0 Å². The summed E-state index contributed by atoms with van der Waals surface area (Å²) in [6.07, 6.45) is 0.202. The molecule has 0 bridgehead atoms. The van der Waals surface area contributed by atoms with Crippen molar-refractivity contribution in [3.8, 4) is 6.07 Å². The van der Waals surface area contributed by atoms with E-state index in [2.05, 4.69) is 15.9 Å². The predicted octanol–water partition coefficient (Wildman–Crippen LogP) is 2.59. The van der Waals surface area contributed by atoms with Crippen molar-refractivity contribution < 1.29 is 13.2 Å². The lowest BCUT2D eigenvalue weighted by Gasteiger charge is -2.32. The number of anilines is 1. The van der Waals surface area contributed by atoms with Gasteiger partial charge in [-0.2, -0.15) is 13.7 Å². The zero-order chi connectivity index (χ0) is 18.0. The minimum Gasteiger partial charge on any atom is -0.267 e. The number of benzene rings is 2. The second-order valence-corrected chi connectivity index (χ2v) is 7.57. The minimum atomic E-state index is -4.17. The first-order valence-corrected chi connectivity index (χ1v) is 9.46. The average Bonchev–Trinajstić information content (AvgIpc) is 2.60. The summed E-state index contributed by atoms with van der Waals surface area (Å²) in [5.41, 5.74) is 1.46. The molecule has 25 heavy (non-hydrogen) atoms. The molecular weight excluding hydrogens is 406 g/mol. The molecule has 0 atom stereocenters. The maximum absolute atomic E-state index is 12.6. The first-order chi connectivity index (χ1) is 11.9. The van der Waals surface area contributed by atoms with Crippen molar-refractivity contribution in [3.63, 3.8) is 0 Å². The van der Waals surface area contributed by atoms with Crippen molar-refractivity contribution in [2.75, 3.05) is 4.31 Å². The van der Waals surface area contributed by atoms with Gasteiger partial charge >= 0.3 is 10.2 Å². The Labute approximate surface area is 153 Å². The molecule has 1 aliphatic heterocycles. The molecule has 0 aromatic heterocycles. The van der Waals surface area contributed by atoms with Gasteiger partial charge in [0.1, 0.15) is 10.6 Å². The van der Waals surface area contributed by atoms with Crippen molar-refractivity contribution >= 4 is 37.7 Å². The number of nitriles is 1. The standard InChI is InChI=1S/C17H12BrN3O3S/c18-16-15(10-12-6-2-1-3-7-12)21(25(23,24)20-17(16)22)14-9-5-4-8-13(14)11-19/h1-9H,10H2,(H,20,22). The van der Waals surface area contributed by atoms with Gasteiger partial charge in [0.05, 0.1) is 16.9 Å². The van der Waals surface area contributed by atoms with Gasteiger partial charge in [0.2, 0.25) is 0 Å². The number of amides is 1. The van der Waals surface area contributed by atoms with E-state index in [0.29, 0.717) is 0 Å². The number of halogens is 1. The lowest BCUT2D eigenvalue weighted by molar-refractivity contribution is -0.115. The quantitative estimate of drug-likeness (QED) is 0.830. The number of rotatable bonds is 3. The predicted molar refractivity (Wildman–Crippen MR) is 96.8 cm³/mol. The zero-order valence-electron chi connectivity index (χ0n) is 12.8. The Morgan fingerprint density at radius 3 is 2.40 bits per heavy atom. The van der Waals surface area contributed by atoms with Crippen LogP contribution in [0, 0.1) is 11.3 Å². The molecule has 0 spiro atoms. The number of allylic oxidation sites excluding steroid dienone is 1. The lowest BCUT2D eigenvalue weighted by Crippen LogP contribution is -2.49. The van der Waals surface area contributed by atoms with Crippen LogP contribution < -0.4 is 9.03 Å². The smallest absolute Gasteiger partial charge is 0.267 e. The highest BCUT2D eigenvalue weighted by atomic mass is 79.9. The van der Waals surface area contributed by atoms with Crippen LogP contribution in [-0.4, -0.2) is 14.3 Å². The molecule has 8 heteroatoms. The molecule has 1 aliphatic rings. The summed E-state index contributed by atoms with van der Waals surface area (Å²) < 4.78 is 28.4. The number of nitrogens with one attached hydrogen (secondary N) is 1. The van der Waals surface area contributed by atoms with Gasteiger partial charge in [-0.05, 0) is 33.6 Å². The molecular formula is C17H12BrN3O3S. The van der Waals surface area contributed by atoms with Crippen molar-refractivity contribution in [1.82, 2.24) is 4.72 Å². The second-order valence-electron chi connectivity index (χ2n) is 5.25. The molecule has 0 unspecified atom stereocenters. The summed E-state index contributed by atoms with van der Waals surface area (Å²) in [5, 5.41) is 9.33. The Kier molecular flexibility index (Phi) is 4.61. The number of nitrogens with zero attached hydrogens (tertiary/aromatic N) is 2. The average molecular weight is 418 g/mol. The lowest BCUT2D eigenvalue weighted by atomic mass is 10.1. The van der Waals surface area contributed by atoms with E-state index in [1.807, 2.05) is 41.1 Å². The fourth-order valence-electron chi connectivity index (χ4n) is 2.53. The zero-order valence-corrected chi connectivity index (χ0v) is 15.2. The molecule has 1 amide bonds. The Balaban J connectivity index is 2.21. The fraction of sp³-hybridized carbons (Fsp3) is 0.0588. The SMILES string of the molecule is N#Cc1ccccc1N1C(Cc2ccccc2)=C(Br)C(=O)NS1(=O)=O. The molecule has 3 rings (SSSR count). The summed E-state index contributed by atoms with van der Waals surface area (Å²) in [5.74, 6) is -0.739. The van der Waals surface area contributed by atoms with Gasteiger partial charge in [0.25, 0.3) is 5.91 Å². The third-order valence-electron chi connectivity index (χ3n) is 3.62. The highest BCUT2D eigenvalue weighted by Gasteiger charge is 2.37. The van der Waals surface area contributed by atoms with Gasteiger partial charge in [-0.3, -0.25) is 4.79 Å². The molecule has 0 aliphatic carbocycles. The number of carbonyl (C=O) groups excluding carboxylic acids is 1. The topological polar surface area (TPSA) is 90.3 Å². The van der Waals surface area contributed by atoms with Crippen LogP contribution in [0.25, 0.3) is 0 Å². The summed E-state index contributed by atoms with van der Waals surface area (Å²) in [4.78, 5) is 12.1. The Bertz CT molecular complexity index is 1010. The molecule has 0 radical (unpaired) electrons. The maximum atomic E-state index is 12.6. The molecule has 2 aromatic carbocycles. The van der Waals surface area contributed by atoms with Crippen LogP contribution in [0.1, 0.15) is 11.1 Å². The second kappa shape index (κ2) is 6.70. The Morgan fingerprint density at radius 2 is 1.72 bits per heavy atom. The monoisotopic (exact) mass is 417 g/mol. The summed E-state index contributed by atoms with van der Waals surface area (Å²) in [7, 11) is -4.17. The highest BCUT2D eigenvalue weighted by Crippen LogP contribution is 2.34. The van der Waals surface area contributed by atoms with Gasteiger partial charge in [0.15, 0.2) is 0 Å². The van der Waals surface area contributed by atoms with Crippen molar-refractivity contribution in [2.45, 2.75) is 6.42 Å². The van der Waals surface area contributed by atoms with Crippen LogP contribution in [0.2, 0.25) is 0 Å². The molecule has 0 saturated carbocycles. The van der Waals surface area contributed by atoms with Crippen LogP contribution in [-0.2, 0) is 21.4 Å². The van der Waals surface area contributed by atoms with Gasteiger partial charge in [-0.15, -0.1) is 0 Å². The van der Waals surface area contributed by atoms with E-state index in [1.54, 1.807) is 12.1 Å². The summed E-state index contributed by atoms with van der Waals surface area (Å²) >= 11 is 3.19. The number of carbonyl (C=O) groups is 1. The molecule has 126 valence electrons. The normalized spacial score (nSPS) is 16.3. The Hall–Kier alpha value is -2.63. The van der Waals surface area contributed by atoms with Gasteiger partial charge in [0, 0.05) is 6.42 Å². The number of hydrogen-bond donors (Lipinski definition) is 1. The third kappa shape index (κ3) is 3.29. The van der Waals surface area contributed by atoms with Crippen LogP contribution >= 0.6 is 15.9 Å². The van der Waals surface area contributed by atoms with E-state index >= 15 is 0 Å². The first-order valence-electron chi connectivity index (χ1n) is 7.23. The van der Waals surface area contributed by atoms with Crippen LogP contribution in [0.4, 0.5) is 5.69 Å². The number of para-hydroxylation sites is 1. The molecule has 0 saturated heterocycles. The summed E-state index contributed by atoms with van der Waals surface area (Å²) in [6, 6.07) is 17.5. The maximum Gasteiger partial charge on any atom is 0.330 e. The van der Waals surface area contributed by atoms with E-state index in [0.717, 1.165) is 9.87 Å². The highest BCUT2D eigenvalue weighted by molar-refractivity contribution is 9.12. The third-order valence-corrected chi connectivity index (χ3v) is 5.78. The number of hydrogen-bond acceptors (Lipinski definition) is 4. The van der Waals surface area contributed by atoms with Crippen LogP contribution in [0.15, 0.2) is 64.8 Å². The van der Waals surface area contributed by atoms with Gasteiger partial charge in [-0.25, -0.2) is 9.03 Å². The summed E-state index contributed by atoms with van der Waals surface area (Å²) in [6.45, 7) is 0. The van der Waals surface area contributed by atoms with Crippen LogP contribution in [0.3, 0.4) is 0 Å². The first kappa shape index (κ1) is 17.2. The molecule has 6 nitrogen and oxygen atoms in total. The van der Waals surface area contributed by atoms with E-state index in [1.165, 1.54) is 12.1 Å². The molecule has 0 fully saturated rings. The largest absolute Gasteiger partial charge is 0.330 e. The molecule has 2 aromatic rings. The molecule has 1 N–H and O–H groups in total. The van der Waals surface area contributed by atoms with Gasteiger partial charge < -0.3 is 0 Å². The minimum absolute atomic E-state index is 0.110. The van der Waals surface area contributed by atoms with Crippen LogP contribution in [0.5, 0.6) is 0 Å². The van der Waals surface area contributed by atoms with E-state index in [9.17, 15) is 18.5 Å². The van der Waals surface area contributed by atoms with E-state index < -0.39 is 16.1 Å². The fourth-order valence-corrected chi connectivity index (χ4v) is 4.49. The molecule has 1 heterocycles. The van der Waals surface area contributed by atoms with Crippen molar-refractivity contribution in [1.29, 1.82) is 5.26 Å². The van der Waals surface area contributed by atoms with Crippen molar-refractivity contribution in [3.05, 3.63) is 75.9 Å². The van der Waals surface area contributed by atoms with E-state index in [4.69, 9.17) is 0 Å². The van der Waals surface area contributed by atoms with E-state index in [-0.39, 0.29) is 27.9 Å².